The third-order valence-corrected chi connectivity index (χ3v) is 5.26. The van der Waals surface area contributed by atoms with Crippen LogP contribution in [0.1, 0.15) is 35.6 Å². The summed E-state index contributed by atoms with van der Waals surface area (Å²) in [6.07, 6.45) is 0.843. The molecule has 1 fully saturated rings. The number of aryl methyl sites for hydroxylation is 1. The molecule has 2 aromatic rings. The van der Waals surface area contributed by atoms with Gasteiger partial charge >= 0.3 is 0 Å². The molecule has 0 saturated carbocycles. The monoisotopic (exact) mass is 341 g/mol. The molecule has 0 aromatic heterocycles. The van der Waals surface area contributed by atoms with Crippen LogP contribution in [0.4, 0.5) is 0 Å². The van der Waals surface area contributed by atoms with Gasteiger partial charge in [-0.1, -0.05) is 36.4 Å². The largest absolute Gasteiger partial charge is 0.497 e. The molecule has 0 unspecified atom stereocenters. The molecule has 4 heteroatoms. The predicted molar refractivity (Wildman–Crippen MR) is 98.7 cm³/mol. The van der Waals surface area contributed by atoms with Gasteiger partial charge in [0.2, 0.25) is 0 Å². The van der Waals surface area contributed by atoms with E-state index in [1.165, 1.54) is 0 Å². The molecule has 134 valence electrons. The molecule has 0 spiro atoms. The second-order valence-electron chi connectivity index (χ2n) is 6.94. The summed E-state index contributed by atoms with van der Waals surface area (Å²) in [5.41, 5.74) is 2.30. The minimum atomic E-state index is -0.757. The molecular weight excluding hydrogens is 314 g/mol. The highest BCUT2D eigenvalue weighted by molar-refractivity contribution is 5.32. The van der Waals surface area contributed by atoms with E-state index >= 15 is 0 Å². The SMILES string of the molecule is COc1ccc([C@@H](O)CN2CCC(O)(c3ccccc3C)CC2)cc1. The average molecular weight is 341 g/mol. The van der Waals surface area contributed by atoms with Gasteiger partial charge in [0.05, 0.1) is 18.8 Å². The molecule has 1 aliphatic rings. The van der Waals surface area contributed by atoms with Gasteiger partial charge in [-0.2, -0.15) is 0 Å². The summed E-state index contributed by atoms with van der Waals surface area (Å²) < 4.78 is 5.15. The number of hydrogen-bond donors (Lipinski definition) is 2. The van der Waals surface area contributed by atoms with Crippen LogP contribution in [0, 0.1) is 6.92 Å². The van der Waals surface area contributed by atoms with Crippen molar-refractivity contribution >= 4 is 0 Å². The zero-order valence-electron chi connectivity index (χ0n) is 15.0. The smallest absolute Gasteiger partial charge is 0.118 e. The molecular formula is C21H27NO3. The Balaban J connectivity index is 1.59. The van der Waals surface area contributed by atoms with Crippen LogP contribution in [0.3, 0.4) is 0 Å². The molecule has 0 amide bonds. The molecule has 3 rings (SSSR count). The van der Waals surface area contributed by atoms with Gasteiger partial charge in [0, 0.05) is 19.6 Å². The summed E-state index contributed by atoms with van der Waals surface area (Å²) in [7, 11) is 1.63. The first-order chi connectivity index (χ1) is 12.0. The number of rotatable bonds is 5. The molecule has 1 heterocycles. The van der Waals surface area contributed by atoms with Gasteiger partial charge in [-0.25, -0.2) is 0 Å². The molecule has 2 N–H and O–H groups in total. The average Bonchev–Trinajstić information content (AvgIpc) is 2.64. The van der Waals surface area contributed by atoms with Crippen molar-refractivity contribution in [1.29, 1.82) is 0 Å². The van der Waals surface area contributed by atoms with E-state index in [0.717, 1.165) is 35.5 Å². The summed E-state index contributed by atoms with van der Waals surface area (Å²) >= 11 is 0. The van der Waals surface area contributed by atoms with Crippen LogP contribution in [0.5, 0.6) is 5.75 Å². The normalized spacial score (nSPS) is 18.7. The maximum Gasteiger partial charge on any atom is 0.118 e. The molecule has 25 heavy (non-hydrogen) atoms. The number of aliphatic hydroxyl groups is 2. The van der Waals surface area contributed by atoms with Gasteiger partial charge in [-0.15, -0.1) is 0 Å². The van der Waals surface area contributed by atoms with Gasteiger partial charge in [0.1, 0.15) is 5.75 Å². The predicted octanol–water partition coefficient (Wildman–Crippen LogP) is 3.02. The Morgan fingerprint density at radius 3 is 2.32 bits per heavy atom. The fourth-order valence-electron chi connectivity index (χ4n) is 3.65. The molecule has 1 saturated heterocycles. The quantitative estimate of drug-likeness (QED) is 0.878. The van der Waals surface area contributed by atoms with Crippen molar-refractivity contribution < 1.29 is 14.9 Å². The number of nitrogens with zero attached hydrogens (tertiary/aromatic N) is 1. The number of β-amino-alcohol motifs (C(OH)–C–C–N with tert-alkyl or cyclic N) is 1. The first-order valence-electron chi connectivity index (χ1n) is 8.85. The fraction of sp³-hybridized carbons (Fsp3) is 0.429. The Hall–Kier alpha value is -1.88. The van der Waals surface area contributed by atoms with E-state index < -0.39 is 11.7 Å². The van der Waals surface area contributed by atoms with Gasteiger partial charge < -0.3 is 19.8 Å². The van der Waals surface area contributed by atoms with Crippen molar-refractivity contribution in [1.82, 2.24) is 4.90 Å². The Kier molecular flexibility index (Phi) is 5.42. The lowest BCUT2D eigenvalue weighted by molar-refractivity contribution is -0.0348. The maximum absolute atomic E-state index is 11.0. The lowest BCUT2D eigenvalue weighted by atomic mass is 9.82. The van der Waals surface area contributed by atoms with Crippen molar-refractivity contribution in [3.63, 3.8) is 0 Å². The second-order valence-corrected chi connectivity index (χ2v) is 6.94. The maximum atomic E-state index is 11.0. The van der Waals surface area contributed by atoms with Crippen LogP contribution < -0.4 is 4.74 Å². The number of methoxy groups -OCH3 is 1. The number of hydrogen-bond acceptors (Lipinski definition) is 4. The van der Waals surface area contributed by atoms with E-state index in [9.17, 15) is 10.2 Å². The zero-order chi connectivity index (χ0) is 17.9. The number of likely N-dealkylation sites (tertiary alicyclic amines) is 1. The van der Waals surface area contributed by atoms with E-state index in [2.05, 4.69) is 4.90 Å². The van der Waals surface area contributed by atoms with Crippen LogP contribution in [0.15, 0.2) is 48.5 Å². The molecule has 1 aliphatic heterocycles. The zero-order valence-corrected chi connectivity index (χ0v) is 15.0. The van der Waals surface area contributed by atoms with E-state index in [4.69, 9.17) is 4.74 Å². The van der Waals surface area contributed by atoms with E-state index in [-0.39, 0.29) is 0 Å². The van der Waals surface area contributed by atoms with E-state index in [0.29, 0.717) is 19.4 Å². The van der Waals surface area contributed by atoms with Crippen molar-refractivity contribution in [3.05, 3.63) is 65.2 Å². The van der Waals surface area contributed by atoms with Gasteiger partial charge in [0.15, 0.2) is 0 Å². The minimum Gasteiger partial charge on any atom is -0.497 e. The van der Waals surface area contributed by atoms with Crippen LogP contribution >= 0.6 is 0 Å². The fourth-order valence-corrected chi connectivity index (χ4v) is 3.65. The molecule has 0 radical (unpaired) electrons. The minimum absolute atomic E-state index is 0.532. The van der Waals surface area contributed by atoms with Crippen LogP contribution in [-0.4, -0.2) is 41.9 Å². The molecule has 4 nitrogen and oxygen atoms in total. The Labute approximate surface area is 149 Å². The number of aliphatic hydroxyl groups excluding tert-OH is 1. The molecule has 1 atom stereocenters. The Morgan fingerprint density at radius 2 is 1.72 bits per heavy atom. The van der Waals surface area contributed by atoms with Crippen molar-refractivity contribution in [2.45, 2.75) is 31.5 Å². The first kappa shape index (κ1) is 17.9. The van der Waals surface area contributed by atoms with Crippen LogP contribution in [-0.2, 0) is 5.60 Å². The van der Waals surface area contributed by atoms with Crippen molar-refractivity contribution in [3.8, 4) is 5.75 Å². The molecule has 0 aliphatic carbocycles. The highest BCUT2D eigenvalue weighted by Gasteiger charge is 2.35. The lowest BCUT2D eigenvalue weighted by Crippen LogP contribution is -2.44. The third kappa shape index (κ3) is 4.03. The highest BCUT2D eigenvalue weighted by atomic mass is 16.5. The van der Waals surface area contributed by atoms with Crippen LogP contribution in [0.2, 0.25) is 0 Å². The number of piperidine rings is 1. The number of ether oxygens (including phenoxy) is 1. The van der Waals surface area contributed by atoms with Gasteiger partial charge in [0.25, 0.3) is 0 Å². The Bertz CT molecular complexity index is 691. The van der Waals surface area contributed by atoms with Gasteiger partial charge in [-0.3, -0.25) is 0 Å². The number of benzene rings is 2. The topological polar surface area (TPSA) is 52.9 Å². The summed E-state index contributed by atoms with van der Waals surface area (Å²) in [5.74, 6) is 0.789. The summed E-state index contributed by atoms with van der Waals surface area (Å²) in [5, 5.41) is 21.5. The van der Waals surface area contributed by atoms with Crippen molar-refractivity contribution in [2.75, 3.05) is 26.7 Å². The highest BCUT2D eigenvalue weighted by Crippen LogP contribution is 2.35. The summed E-state index contributed by atoms with van der Waals surface area (Å²) in [4.78, 5) is 2.22. The van der Waals surface area contributed by atoms with E-state index in [1.807, 2.05) is 55.5 Å². The summed E-state index contributed by atoms with van der Waals surface area (Å²) in [6.45, 7) is 4.18. The second kappa shape index (κ2) is 7.56. The molecule has 2 aromatic carbocycles. The first-order valence-corrected chi connectivity index (χ1v) is 8.85. The summed E-state index contributed by atoms with van der Waals surface area (Å²) in [6, 6.07) is 15.6. The van der Waals surface area contributed by atoms with E-state index in [1.54, 1.807) is 7.11 Å². The van der Waals surface area contributed by atoms with Gasteiger partial charge in [-0.05, 0) is 48.6 Å². The van der Waals surface area contributed by atoms with Crippen LogP contribution in [0.25, 0.3) is 0 Å². The molecule has 0 bridgehead atoms. The third-order valence-electron chi connectivity index (χ3n) is 5.26. The Morgan fingerprint density at radius 1 is 1.08 bits per heavy atom. The standard InChI is InChI=1S/C21H27NO3/c1-16-5-3-4-6-19(16)21(24)11-13-22(14-12-21)15-20(23)17-7-9-18(25-2)10-8-17/h3-10,20,23-24H,11-15H2,1-2H3/t20-/m0/s1. The van der Waals surface area contributed by atoms with Crippen molar-refractivity contribution in [2.24, 2.45) is 0 Å². The lowest BCUT2D eigenvalue weighted by Gasteiger charge is -2.39.